The average molecular weight is 379 g/mol. The van der Waals surface area contributed by atoms with Crippen LogP contribution in [0, 0.1) is 0 Å². The molecule has 2 nitrogen and oxygen atoms in total. The highest BCUT2D eigenvalue weighted by molar-refractivity contribution is 9.10. The third kappa shape index (κ3) is 3.77. The minimum atomic E-state index is -4.59. The fraction of sp³-hybridized carbons (Fsp3) is 0.0714. The predicted molar refractivity (Wildman–Crippen MR) is 78.5 cm³/mol. The molecule has 0 aliphatic rings. The van der Waals surface area contributed by atoms with Gasteiger partial charge in [-0.15, -0.1) is 0 Å². The Labute approximate surface area is 132 Å². The molecular weight excluding hydrogens is 371 g/mol. The molecule has 0 saturated heterocycles. The summed E-state index contributed by atoms with van der Waals surface area (Å²) in [6.45, 7) is 0. The van der Waals surface area contributed by atoms with Gasteiger partial charge in [-0.25, -0.2) is 0 Å². The first-order valence-corrected chi connectivity index (χ1v) is 6.89. The molecule has 1 N–H and O–H groups in total. The molecule has 1 amide bonds. The molecule has 0 fully saturated rings. The molecule has 0 unspecified atom stereocenters. The van der Waals surface area contributed by atoms with Crippen molar-refractivity contribution in [2.24, 2.45) is 0 Å². The van der Waals surface area contributed by atoms with Crippen LogP contribution in [0.25, 0.3) is 0 Å². The Hall–Kier alpha value is -1.53. The number of halogens is 5. The zero-order valence-corrected chi connectivity index (χ0v) is 12.7. The molecule has 2 aromatic carbocycles. The first kappa shape index (κ1) is 15.9. The van der Waals surface area contributed by atoms with Gasteiger partial charge in [0, 0.05) is 10.2 Å². The van der Waals surface area contributed by atoms with Crippen LogP contribution in [0.1, 0.15) is 15.9 Å². The number of rotatable bonds is 2. The van der Waals surface area contributed by atoms with Crippen LogP contribution in [0.3, 0.4) is 0 Å². The second-order valence-corrected chi connectivity index (χ2v) is 5.39. The van der Waals surface area contributed by atoms with Crippen molar-refractivity contribution in [3.63, 3.8) is 0 Å². The number of hydrogen-bond acceptors (Lipinski definition) is 1. The third-order valence-electron chi connectivity index (χ3n) is 2.65. The van der Waals surface area contributed by atoms with Crippen LogP contribution in [0.5, 0.6) is 0 Å². The summed E-state index contributed by atoms with van der Waals surface area (Å²) in [5, 5.41) is 2.85. The van der Waals surface area contributed by atoms with Crippen molar-refractivity contribution in [3.8, 4) is 0 Å². The highest BCUT2D eigenvalue weighted by atomic mass is 79.9. The van der Waals surface area contributed by atoms with Gasteiger partial charge >= 0.3 is 6.18 Å². The normalized spacial score (nSPS) is 11.3. The van der Waals surface area contributed by atoms with E-state index in [0.29, 0.717) is 15.2 Å². The maximum absolute atomic E-state index is 12.9. The Morgan fingerprint density at radius 2 is 1.81 bits per heavy atom. The Kier molecular flexibility index (Phi) is 4.58. The standard InChI is InChI=1S/C14H8BrClF3NO/c15-11-7-8(5-6-12(11)16)20-13(21)9-3-1-2-4-10(9)14(17,18)19/h1-7H,(H,20,21). The van der Waals surface area contributed by atoms with Crippen molar-refractivity contribution < 1.29 is 18.0 Å². The van der Waals surface area contributed by atoms with Gasteiger partial charge < -0.3 is 5.32 Å². The molecule has 0 atom stereocenters. The minimum Gasteiger partial charge on any atom is -0.322 e. The fourth-order valence-corrected chi connectivity index (χ4v) is 2.20. The number of hydrogen-bond donors (Lipinski definition) is 1. The molecule has 2 rings (SSSR count). The summed E-state index contributed by atoms with van der Waals surface area (Å²) in [5.41, 5.74) is -1.07. The number of amides is 1. The van der Waals surface area contributed by atoms with Crippen molar-refractivity contribution in [3.05, 3.63) is 63.1 Å². The van der Waals surface area contributed by atoms with E-state index in [2.05, 4.69) is 21.2 Å². The van der Waals surface area contributed by atoms with E-state index < -0.39 is 23.2 Å². The molecule has 0 aromatic heterocycles. The molecule has 0 aliphatic carbocycles. The zero-order chi connectivity index (χ0) is 15.6. The van der Waals surface area contributed by atoms with Gasteiger partial charge in [-0.2, -0.15) is 13.2 Å². The summed E-state index contributed by atoms with van der Waals surface area (Å²) < 4.78 is 39.1. The van der Waals surface area contributed by atoms with Crippen molar-refractivity contribution in [1.29, 1.82) is 0 Å². The molecule has 21 heavy (non-hydrogen) atoms. The van der Waals surface area contributed by atoms with E-state index in [1.54, 1.807) is 0 Å². The van der Waals surface area contributed by atoms with Gasteiger partial charge in [0.1, 0.15) is 0 Å². The third-order valence-corrected chi connectivity index (χ3v) is 3.87. The molecule has 0 radical (unpaired) electrons. The molecule has 110 valence electrons. The van der Waals surface area contributed by atoms with Gasteiger partial charge in [0.05, 0.1) is 16.1 Å². The first-order valence-electron chi connectivity index (χ1n) is 5.71. The Morgan fingerprint density at radius 3 is 2.43 bits per heavy atom. The van der Waals surface area contributed by atoms with E-state index in [1.807, 2.05) is 0 Å². The predicted octanol–water partition coefficient (Wildman–Crippen LogP) is 5.37. The van der Waals surface area contributed by atoms with Crippen molar-refractivity contribution in [2.75, 3.05) is 5.32 Å². The maximum Gasteiger partial charge on any atom is 0.417 e. The summed E-state index contributed by atoms with van der Waals surface area (Å²) in [6, 6.07) is 9.14. The largest absolute Gasteiger partial charge is 0.417 e. The van der Waals surface area contributed by atoms with Crippen LogP contribution >= 0.6 is 27.5 Å². The minimum absolute atomic E-state index is 0.341. The monoisotopic (exact) mass is 377 g/mol. The molecule has 0 bridgehead atoms. The summed E-state index contributed by atoms with van der Waals surface area (Å²) in [5.74, 6) is -0.836. The van der Waals surface area contributed by atoms with E-state index in [9.17, 15) is 18.0 Å². The van der Waals surface area contributed by atoms with E-state index in [4.69, 9.17) is 11.6 Å². The molecule has 0 heterocycles. The average Bonchev–Trinajstić information content (AvgIpc) is 2.42. The topological polar surface area (TPSA) is 29.1 Å². The van der Waals surface area contributed by atoms with Gasteiger partial charge in [0.15, 0.2) is 0 Å². The molecular formula is C14H8BrClF3NO. The van der Waals surface area contributed by atoms with Crippen LogP contribution in [0.2, 0.25) is 5.02 Å². The number of nitrogens with one attached hydrogen (secondary N) is 1. The highest BCUT2D eigenvalue weighted by Crippen LogP contribution is 2.32. The van der Waals surface area contributed by atoms with E-state index >= 15 is 0 Å². The maximum atomic E-state index is 12.9. The van der Waals surface area contributed by atoms with Crippen molar-refractivity contribution in [1.82, 2.24) is 0 Å². The summed E-state index contributed by atoms with van der Waals surface area (Å²) in [7, 11) is 0. The molecule has 0 aliphatic heterocycles. The van der Waals surface area contributed by atoms with Crippen molar-refractivity contribution >= 4 is 39.1 Å². The van der Waals surface area contributed by atoms with Crippen molar-refractivity contribution in [2.45, 2.75) is 6.18 Å². The van der Waals surface area contributed by atoms with Gasteiger partial charge in [0.2, 0.25) is 0 Å². The number of alkyl halides is 3. The van der Waals surface area contributed by atoms with Crippen LogP contribution in [0.4, 0.5) is 18.9 Å². The van der Waals surface area contributed by atoms with E-state index in [0.717, 1.165) is 12.1 Å². The second-order valence-electron chi connectivity index (χ2n) is 4.13. The lowest BCUT2D eigenvalue weighted by Gasteiger charge is -2.13. The van der Waals surface area contributed by atoms with Gasteiger partial charge in [-0.3, -0.25) is 4.79 Å². The fourth-order valence-electron chi connectivity index (χ4n) is 1.70. The Balaban J connectivity index is 2.31. The number of benzene rings is 2. The molecule has 0 saturated carbocycles. The first-order chi connectivity index (χ1) is 9.79. The smallest absolute Gasteiger partial charge is 0.322 e. The number of carbonyl (C=O) groups excluding carboxylic acids is 1. The number of carbonyl (C=O) groups is 1. The summed E-state index contributed by atoms with van der Waals surface area (Å²) >= 11 is 8.99. The molecule has 0 spiro atoms. The lowest BCUT2D eigenvalue weighted by Crippen LogP contribution is -2.18. The Bertz CT molecular complexity index is 688. The highest BCUT2D eigenvalue weighted by Gasteiger charge is 2.34. The van der Waals surface area contributed by atoms with Crippen LogP contribution in [-0.2, 0) is 6.18 Å². The summed E-state index contributed by atoms with van der Waals surface area (Å²) in [6.07, 6.45) is -4.59. The van der Waals surface area contributed by atoms with Gasteiger partial charge in [-0.05, 0) is 46.3 Å². The zero-order valence-electron chi connectivity index (χ0n) is 10.3. The van der Waals surface area contributed by atoms with Gasteiger partial charge in [-0.1, -0.05) is 23.7 Å². The van der Waals surface area contributed by atoms with Crippen LogP contribution in [0.15, 0.2) is 46.9 Å². The lowest BCUT2D eigenvalue weighted by atomic mass is 10.1. The molecule has 7 heteroatoms. The van der Waals surface area contributed by atoms with Gasteiger partial charge in [0.25, 0.3) is 5.91 Å². The second kappa shape index (κ2) is 6.07. The number of anilines is 1. The quantitative estimate of drug-likeness (QED) is 0.747. The van der Waals surface area contributed by atoms with Crippen LogP contribution < -0.4 is 5.32 Å². The Morgan fingerprint density at radius 1 is 1.14 bits per heavy atom. The molecule has 2 aromatic rings. The lowest BCUT2D eigenvalue weighted by molar-refractivity contribution is -0.137. The summed E-state index contributed by atoms with van der Waals surface area (Å²) in [4.78, 5) is 12.0. The van der Waals surface area contributed by atoms with Crippen LogP contribution in [-0.4, -0.2) is 5.91 Å². The van der Waals surface area contributed by atoms with E-state index in [-0.39, 0.29) is 0 Å². The van der Waals surface area contributed by atoms with E-state index in [1.165, 1.54) is 30.3 Å². The SMILES string of the molecule is O=C(Nc1ccc(Cl)c(Br)c1)c1ccccc1C(F)(F)F.